The lowest BCUT2D eigenvalue weighted by molar-refractivity contribution is 0.520. The van der Waals surface area contributed by atoms with Gasteiger partial charge >= 0.3 is 0 Å². The molecule has 0 aliphatic rings. The van der Waals surface area contributed by atoms with Crippen LogP contribution >= 0.6 is 0 Å². The molecule has 16 heavy (non-hydrogen) atoms. The second-order valence-corrected chi connectivity index (χ2v) is 5.31. The van der Waals surface area contributed by atoms with E-state index in [4.69, 9.17) is 0 Å². The minimum absolute atomic E-state index is 0.897. The fraction of sp³-hybridized carbons (Fsp3) is 0.875. The third kappa shape index (κ3) is 10.3. The second-order valence-electron chi connectivity index (χ2n) is 5.31. The highest BCUT2D eigenvalue weighted by atomic mass is 14.0. The van der Waals surface area contributed by atoms with E-state index in [-0.39, 0.29) is 0 Å². The maximum Gasteiger partial charge on any atom is -0.0323 e. The van der Waals surface area contributed by atoms with Gasteiger partial charge in [0.05, 0.1) is 0 Å². The van der Waals surface area contributed by atoms with Gasteiger partial charge in [-0.3, -0.25) is 0 Å². The fourth-order valence-corrected chi connectivity index (χ4v) is 1.93. The summed E-state index contributed by atoms with van der Waals surface area (Å²) >= 11 is 0. The highest BCUT2D eigenvalue weighted by Gasteiger charge is 1.97. The summed E-state index contributed by atoms with van der Waals surface area (Å²) in [4.78, 5) is 0. The molecule has 0 N–H and O–H groups in total. The van der Waals surface area contributed by atoms with Gasteiger partial charge in [0.15, 0.2) is 0 Å². The minimum Gasteiger partial charge on any atom is -0.0856 e. The van der Waals surface area contributed by atoms with Crippen LogP contribution in [0.3, 0.4) is 0 Å². The van der Waals surface area contributed by atoms with Crippen LogP contribution in [0.25, 0.3) is 0 Å². The van der Waals surface area contributed by atoms with Gasteiger partial charge in [0.1, 0.15) is 0 Å². The Morgan fingerprint density at radius 3 is 2.38 bits per heavy atom. The smallest absolute Gasteiger partial charge is 0.0323 e. The van der Waals surface area contributed by atoms with Crippen molar-refractivity contribution >= 4 is 0 Å². The molecule has 0 saturated heterocycles. The molecular formula is C16H32. The predicted molar refractivity (Wildman–Crippen MR) is 75.8 cm³/mol. The van der Waals surface area contributed by atoms with E-state index in [0.29, 0.717) is 0 Å². The highest BCUT2D eigenvalue weighted by Crippen LogP contribution is 2.14. The summed E-state index contributed by atoms with van der Waals surface area (Å²) in [7, 11) is 0. The zero-order chi connectivity index (χ0) is 12.2. The molecule has 1 atom stereocenters. The van der Waals surface area contributed by atoms with Gasteiger partial charge in [-0.2, -0.15) is 0 Å². The third-order valence-corrected chi connectivity index (χ3v) is 3.52. The molecule has 0 saturated carbocycles. The monoisotopic (exact) mass is 224 g/mol. The van der Waals surface area contributed by atoms with Crippen molar-refractivity contribution in [3.05, 3.63) is 11.6 Å². The average molecular weight is 224 g/mol. The normalized spacial score (nSPS) is 14.1. The summed E-state index contributed by atoms with van der Waals surface area (Å²) < 4.78 is 0. The van der Waals surface area contributed by atoms with Crippen molar-refractivity contribution in [2.75, 3.05) is 0 Å². The average Bonchev–Trinajstić information content (AvgIpc) is 2.28. The molecule has 0 aliphatic carbocycles. The van der Waals surface area contributed by atoms with Crippen molar-refractivity contribution < 1.29 is 0 Å². The Balaban J connectivity index is 3.40. The lowest BCUT2D eigenvalue weighted by Gasteiger charge is -2.06. The largest absolute Gasteiger partial charge is 0.0856 e. The van der Waals surface area contributed by atoms with Crippen LogP contribution in [0.4, 0.5) is 0 Å². The first-order valence-electron chi connectivity index (χ1n) is 7.36. The molecule has 0 heterocycles. The van der Waals surface area contributed by atoms with Gasteiger partial charge in [0.25, 0.3) is 0 Å². The maximum atomic E-state index is 2.46. The first kappa shape index (κ1) is 15.7. The number of unbranched alkanes of at least 4 members (excludes halogenated alkanes) is 4. The Labute approximate surface area is 104 Å². The number of rotatable bonds is 10. The molecule has 0 aromatic heterocycles. The zero-order valence-electron chi connectivity index (χ0n) is 12.0. The van der Waals surface area contributed by atoms with Gasteiger partial charge in [-0.05, 0) is 38.5 Å². The molecule has 0 spiro atoms. The van der Waals surface area contributed by atoms with Crippen LogP contribution in [0.15, 0.2) is 11.6 Å². The third-order valence-electron chi connectivity index (χ3n) is 3.52. The van der Waals surface area contributed by atoms with E-state index >= 15 is 0 Å². The summed E-state index contributed by atoms with van der Waals surface area (Å²) in [5.41, 5.74) is 1.61. The van der Waals surface area contributed by atoms with Crippen LogP contribution in [-0.2, 0) is 0 Å². The molecule has 0 amide bonds. The molecule has 96 valence electrons. The van der Waals surface area contributed by atoms with Crippen LogP contribution in [0.1, 0.15) is 85.5 Å². The topological polar surface area (TPSA) is 0 Å². The Bertz CT molecular complexity index is 167. The van der Waals surface area contributed by atoms with Gasteiger partial charge < -0.3 is 0 Å². The first-order valence-corrected chi connectivity index (χ1v) is 7.36. The number of allylic oxidation sites excluding steroid dienone is 2. The van der Waals surface area contributed by atoms with E-state index in [1.165, 1.54) is 57.8 Å². The van der Waals surface area contributed by atoms with Gasteiger partial charge in [-0.1, -0.05) is 64.5 Å². The lowest BCUT2D eigenvalue weighted by atomic mass is 10.0. The van der Waals surface area contributed by atoms with Crippen molar-refractivity contribution in [3.63, 3.8) is 0 Å². The minimum atomic E-state index is 0.897. The lowest BCUT2D eigenvalue weighted by Crippen LogP contribution is -1.90. The van der Waals surface area contributed by atoms with E-state index in [2.05, 4.69) is 33.8 Å². The van der Waals surface area contributed by atoms with Crippen LogP contribution in [0.2, 0.25) is 0 Å². The van der Waals surface area contributed by atoms with E-state index in [1.807, 2.05) is 0 Å². The fourth-order valence-electron chi connectivity index (χ4n) is 1.93. The molecule has 0 nitrogen and oxygen atoms in total. The SMILES string of the molecule is CCCCCCC/C(C)=C/CCC(C)CC. The quantitative estimate of drug-likeness (QED) is 0.310. The first-order chi connectivity index (χ1) is 7.70. The summed E-state index contributed by atoms with van der Waals surface area (Å²) in [5.74, 6) is 0.897. The van der Waals surface area contributed by atoms with Gasteiger partial charge in [-0.25, -0.2) is 0 Å². The molecule has 0 aliphatic heterocycles. The second kappa shape index (κ2) is 11.2. The van der Waals surface area contributed by atoms with Gasteiger partial charge in [0, 0.05) is 0 Å². The molecule has 0 aromatic carbocycles. The van der Waals surface area contributed by atoms with Crippen LogP contribution in [-0.4, -0.2) is 0 Å². The van der Waals surface area contributed by atoms with Crippen molar-refractivity contribution in [1.29, 1.82) is 0 Å². The molecule has 0 heteroatoms. The molecule has 1 unspecified atom stereocenters. The zero-order valence-corrected chi connectivity index (χ0v) is 12.0. The highest BCUT2D eigenvalue weighted by molar-refractivity contribution is 4.97. The Morgan fingerprint density at radius 1 is 1.06 bits per heavy atom. The number of hydrogen-bond donors (Lipinski definition) is 0. The van der Waals surface area contributed by atoms with Gasteiger partial charge in [-0.15, -0.1) is 0 Å². The molecule has 0 aromatic rings. The van der Waals surface area contributed by atoms with Crippen LogP contribution in [0, 0.1) is 5.92 Å². The van der Waals surface area contributed by atoms with Crippen molar-refractivity contribution in [2.45, 2.75) is 85.5 Å². The summed E-state index contributed by atoms with van der Waals surface area (Å²) in [6.45, 7) is 9.22. The number of hydrogen-bond acceptors (Lipinski definition) is 0. The van der Waals surface area contributed by atoms with Crippen LogP contribution < -0.4 is 0 Å². The summed E-state index contributed by atoms with van der Waals surface area (Å²) in [6.07, 6.45) is 14.8. The Kier molecular flexibility index (Phi) is 11.0. The standard InChI is InChI=1S/C16H32/c1-5-7-8-9-10-12-16(4)14-11-13-15(3)6-2/h14-15H,5-13H2,1-4H3/b16-14+. The van der Waals surface area contributed by atoms with E-state index in [1.54, 1.807) is 5.57 Å². The van der Waals surface area contributed by atoms with Crippen LogP contribution in [0.5, 0.6) is 0 Å². The van der Waals surface area contributed by atoms with E-state index < -0.39 is 0 Å². The summed E-state index contributed by atoms with van der Waals surface area (Å²) in [5, 5.41) is 0. The molecular weight excluding hydrogens is 192 g/mol. The van der Waals surface area contributed by atoms with Gasteiger partial charge in [0.2, 0.25) is 0 Å². The Morgan fingerprint density at radius 2 is 1.75 bits per heavy atom. The molecule has 0 rings (SSSR count). The molecule has 0 radical (unpaired) electrons. The molecule has 0 bridgehead atoms. The van der Waals surface area contributed by atoms with Crippen molar-refractivity contribution in [2.24, 2.45) is 5.92 Å². The predicted octanol–water partition coefficient (Wildman–Crippen LogP) is 6.12. The maximum absolute atomic E-state index is 2.46. The molecule has 0 fully saturated rings. The van der Waals surface area contributed by atoms with E-state index in [9.17, 15) is 0 Å². The van der Waals surface area contributed by atoms with E-state index in [0.717, 1.165) is 5.92 Å². The Hall–Kier alpha value is -0.260. The van der Waals surface area contributed by atoms with Crippen molar-refractivity contribution in [1.82, 2.24) is 0 Å². The summed E-state index contributed by atoms with van der Waals surface area (Å²) in [6, 6.07) is 0. The van der Waals surface area contributed by atoms with Crippen molar-refractivity contribution in [3.8, 4) is 0 Å².